The van der Waals surface area contributed by atoms with Crippen LogP contribution in [0.15, 0.2) is 24.3 Å². The summed E-state index contributed by atoms with van der Waals surface area (Å²) in [6.45, 7) is 4.45. The number of aliphatic hydroxyl groups excluding tert-OH is 1. The van der Waals surface area contributed by atoms with Crippen LogP contribution in [0.2, 0.25) is 0 Å². The zero-order valence-corrected chi connectivity index (χ0v) is 13.8. The molecule has 1 aromatic carbocycles. The second-order valence-corrected chi connectivity index (χ2v) is 6.72. The lowest BCUT2D eigenvalue weighted by Gasteiger charge is -2.32. The first-order chi connectivity index (χ1) is 11.1. The number of amides is 2. The summed E-state index contributed by atoms with van der Waals surface area (Å²) in [5.74, 6) is 0. The fraction of sp³-hybridized carbons (Fsp3) is 0.611. The molecule has 2 aliphatic heterocycles. The summed E-state index contributed by atoms with van der Waals surface area (Å²) in [7, 11) is 0. The minimum atomic E-state index is -0.670. The Bertz CT molecular complexity index is 549. The molecule has 5 nitrogen and oxygen atoms in total. The van der Waals surface area contributed by atoms with Crippen LogP contribution < -0.4 is 10.6 Å². The predicted octanol–water partition coefficient (Wildman–Crippen LogP) is 1.95. The van der Waals surface area contributed by atoms with Crippen molar-refractivity contribution in [2.75, 3.05) is 19.6 Å². The zero-order valence-electron chi connectivity index (χ0n) is 13.8. The van der Waals surface area contributed by atoms with Crippen LogP contribution in [0.4, 0.5) is 4.79 Å². The molecule has 3 rings (SSSR count). The molecule has 3 N–H and O–H groups in total. The van der Waals surface area contributed by atoms with Gasteiger partial charge in [-0.05, 0) is 43.9 Å². The Labute approximate surface area is 138 Å². The molecule has 3 atom stereocenters. The lowest BCUT2D eigenvalue weighted by Crippen LogP contribution is -2.50. The quantitative estimate of drug-likeness (QED) is 0.795. The molecule has 0 saturated carbocycles. The first-order valence-electron chi connectivity index (χ1n) is 8.67. The summed E-state index contributed by atoms with van der Waals surface area (Å²) >= 11 is 0. The van der Waals surface area contributed by atoms with E-state index in [-0.39, 0.29) is 18.6 Å². The van der Waals surface area contributed by atoms with E-state index in [0.717, 1.165) is 30.6 Å². The Balaban J connectivity index is 1.47. The Kier molecular flexibility index (Phi) is 5.18. The van der Waals surface area contributed by atoms with Gasteiger partial charge >= 0.3 is 6.03 Å². The maximum Gasteiger partial charge on any atom is 0.315 e. The van der Waals surface area contributed by atoms with Gasteiger partial charge in [0.2, 0.25) is 0 Å². The van der Waals surface area contributed by atoms with Crippen LogP contribution in [0, 0.1) is 6.92 Å². The van der Waals surface area contributed by atoms with Crippen molar-refractivity contribution in [3.8, 4) is 0 Å². The zero-order chi connectivity index (χ0) is 16.2. The van der Waals surface area contributed by atoms with Gasteiger partial charge in [-0.2, -0.15) is 0 Å². The van der Waals surface area contributed by atoms with Gasteiger partial charge in [0.1, 0.15) is 0 Å². The van der Waals surface area contributed by atoms with E-state index in [9.17, 15) is 9.90 Å². The smallest absolute Gasteiger partial charge is 0.315 e. The molecule has 5 heteroatoms. The minimum absolute atomic E-state index is 0.171. The molecule has 0 bridgehead atoms. The Morgan fingerprint density at radius 3 is 2.96 bits per heavy atom. The summed E-state index contributed by atoms with van der Waals surface area (Å²) in [6.07, 6.45) is 4.07. The molecule has 126 valence electrons. The molecule has 2 fully saturated rings. The van der Waals surface area contributed by atoms with Crippen LogP contribution in [-0.4, -0.2) is 47.8 Å². The monoisotopic (exact) mass is 317 g/mol. The van der Waals surface area contributed by atoms with Crippen LogP contribution in [0.3, 0.4) is 0 Å². The number of nitrogens with one attached hydrogen (secondary N) is 2. The van der Waals surface area contributed by atoms with Gasteiger partial charge in [-0.25, -0.2) is 4.79 Å². The van der Waals surface area contributed by atoms with Crippen molar-refractivity contribution in [3.05, 3.63) is 35.4 Å². The number of hydrogen-bond acceptors (Lipinski definition) is 3. The summed E-state index contributed by atoms with van der Waals surface area (Å²) in [6, 6.07) is 8.28. The third kappa shape index (κ3) is 3.85. The first kappa shape index (κ1) is 16.3. The largest absolute Gasteiger partial charge is 0.387 e. The molecule has 3 unspecified atom stereocenters. The van der Waals surface area contributed by atoms with E-state index in [1.54, 1.807) is 0 Å². The normalized spacial score (nSPS) is 25.7. The van der Waals surface area contributed by atoms with Crippen molar-refractivity contribution in [3.63, 3.8) is 0 Å². The maximum absolute atomic E-state index is 12.1. The fourth-order valence-electron chi connectivity index (χ4n) is 3.90. The predicted molar refractivity (Wildman–Crippen MR) is 90.3 cm³/mol. The molecule has 0 radical (unpaired) electrons. The van der Waals surface area contributed by atoms with Gasteiger partial charge in [-0.15, -0.1) is 0 Å². The van der Waals surface area contributed by atoms with Gasteiger partial charge in [0.15, 0.2) is 0 Å². The lowest BCUT2D eigenvalue weighted by atomic mass is 9.99. The van der Waals surface area contributed by atoms with Gasteiger partial charge in [0.25, 0.3) is 0 Å². The molecule has 2 amide bonds. The van der Waals surface area contributed by atoms with Crippen molar-refractivity contribution in [2.45, 2.75) is 50.8 Å². The molecule has 1 aromatic rings. The Morgan fingerprint density at radius 1 is 1.30 bits per heavy atom. The first-order valence-corrected chi connectivity index (χ1v) is 8.67. The Hall–Kier alpha value is -1.59. The van der Waals surface area contributed by atoms with Crippen LogP contribution in [0.25, 0.3) is 0 Å². The topological polar surface area (TPSA) is 64.6 Å². The number of aryl methyl sites for hydroxylation is 1. The van der Waals surface area contributed by atoms with Crippen molar-refractivity contribution in [2.24, 2.45) is 0 Å². The van der Waals surface area contributed by atoms with E-state index in [2.05, 4.69) is 15.5 Å². The number of hydrogen-bond donors (Lipinski definition) is 3. The number of aliphatic hydroxyl groups is 1. The van der Waals surface area contributed by atoms with E-state index in [0.29, 0.717) is 6.04 Å². The third-order valence-electron chi connectivity index (χ3n) is 5.18. The molecular formula is C18H27N3O2. The number of benzene rings is 1. The highest BCUT2D eigenvalue weighted by atomic mass is 16.3. The van der Waals surface area contributed by atoms with Crippen molar-refractivity contribution in [1.29, 1.82) is 0 Å². The number of carbonyl (C=O) groups excluding carboxylic acids is 1. The van der Waals surface area contributed by atoms with Gasteiger partial charge < -0.3 is 15.7 Å². The lowest BCUT2D eigenvalue weighted by molar-refractivity contribution is 0.166. The summed E-state index contributed by atoms with van der Waals surface area (Å²) in [5.41, 5.74) is 1.91. The van der Waals surface area contributed by atoms with Gasteiger partial charge in [0.05, 0.1) is 6.10 Å². The highest BCUT2D eigenvalue weighted by Gasteiger charge is 2.36. The van der Waals surface area contributed by atoms with Crippen molar-refractivity contribution < 1.29 is 9.90 Å². The standard InChI is InChI=1S/C18H27N3O2/c1-13-6-2-3-7-14(13)17(22)12-19-18(23)20-15-9-11-21-10-5-4-8-16(15)21/h2-3,6-7,15-17,22H,4-5,8-12H2,1H3,(H2,19,20,23). The number of piperidine rings is 1. The van der Waals surface area contributed by atoms with E-state index >= 15 is 0 Å². The fourth-order valence-corrected chi connectivity index (χ4v) is 3.90. The molecule has 2 saturated heterocycles. The summed E-state index contributed by atoms with van der Waals surface area (Å²) in [4.78, 5) is 14.6. The van der Waals surface area contributed by atoms with Crippen LogP contribution in [-0.2, 0) is 0 Å². The third-order valence-corrected chi connectivity index (χ3v) is 5.18. The minimum Gasteiger partial charge on any atom is -0.387 e. The maximum atomic E-state index is 12.1. The van der Waals surface area contributed by atoms with E-state index in [4.69, 9.17) is 0 Å². The van der Waals surface area contributed by atoms with Crippen molar-refractivity contribution >= 4 is 6.03 Å². The SMILES string of the molecule is Cc1ccccc1C(O)CNC(=O)NC1CCN2CCCCC12. The molecule has 0 spiro atoms. The highest BCUT2D eigenvalue weighted by molar-refractivity contribution is 5.74. The highest BCUT2D eigenvalue weighted by Crippen LogP contribution is 2.27. The van der Waals surface area contributed by atoms with Crippen LogP contribution >= 0.6 is 0 Å². The van der Waals surface area contributed by atoms with Gasteiger partial charge in [0, 0.05) is 25.2 Å². The van der Waals surface area contributed by atoms with E-state index in [1.165, 1.54) is 19.3 Å². The number of rotatable bonds is 4. The van der Waals surface area contributed by atoms with E-state index in [1.807, 2.05) is 31.2 Å². The van der Waals surface area contributed by atoms with Crippen molar-refractivity contribution in [1.82, 2.24) is 15.5 Å². The Morgan fingerprint density at radius 2 is 2.13 bits per heavy atom. The summed E-state index contributed by atoms with van der Waals surface area (Å²) in [5, 5.41) is 16.2. The molecule has 0 aliphatic carbocycles. The average molecular weight is 317 g/mol. The van der Waals surface area contributed by atoms with Crippen LogP contribution in [0.1, 0.15) is 42.9 Å². The molecule has 2 aliphatic rings. The number of urea groups is 1. The second kappa shape index (κ2) is 7.32. The molecular weight excluding hydrogens is 290 g/mol. The van der Waals surface area contributed by atoms with Gasteiger partial charge in [-0.3, -0.25) is 4.90 Å². The van der Waals surface area contributed by atoms with Crippen LogP contribution in [0.5, 0.6) is 0 Å². The molecule has 23 heavy (non-hydrogen) atoms. The number of fused-ring (bicyclic) bond motifs is 1. The summed E-state index contributed by atoms with van der Waals surface area (Å²) < 4.78 is 0. The molecule has 2 heterocycles. The second-order valence-electron chi connectivity index (χ2n) is 6.72. The number of nitrogens with zero attached hydrogens (tertiary/aromatic N) is 1. The number of carbonyl (C=O) groups is 1. The van der Waals surface area contributed by atoms with E-state index < -0.39 is 6.10 Å². The molecule has 0 aromatic heterocycles. The average Bonchev–Trinajstić information content (AvgIpc) is 2.96. The van der Waals surface area contributed by atoms with Gasteiger partial charge in [-0.1, -0.05) is 30.7 Å².